The molecule has 0 aliphatic heterocycles. The van der Waals surface area contributed by atoms with E-state index in [2.05, 4.69) is 10.3 Å². The van der Waals surface area contributed by atoms with Crippen molar-refractivity contribution in [3.63, 3.8) is 0 Å². The summed E-state index contributed by atoms with van der Waals surface area (Å²) in [7, 11) is 0. The van der Waals surface area contributed by atoms with Crippen LogP contribution in [0.25, 0.3) is 0 Å². The number of halogens is 1. The second-order valence-electron chi connectivity index (χ2n) is 5.27. The highest BCUT2D eigenvalue weighted by molar-refractivity contribution is 7.81. The Bertz CT molecular complexity index is 1060. The zero-order chi connectivity index (χ0) is 20.3. The van der Waals surface area contributed by atoms with Crippen molar-refractivity contribution in [3.05, 3.63) is 75.4 Å². The minimum atomic E-state index is -2.40. The van der Waals surface area contributed by atoms with Gasteiger partial charge in [-0.05, 0) is 53.8 Å². The standard InChI is InChI=1S/C16H11ClN4O5S2/c17-11-4-6-12(7-5-11)20(28(25)26)13-3-1-2-10(8-13)15(22)19-16-18-9-14(27-16)21(23)24/h1-9H,(H,25,26)(H,18,19,22). The summed E-state index contributed by atoms with van der Waals surface area (Å²) >= 11 is 4.17. The molecular weight excluding hydrogens is 428 g/mol. The maximum atomic E-state index is 12.4. The Morgan fingerprint density at radius 1 is 1.25 bits per heavy atom. The van der Waals surface area contributed by atoms with Crippen LogP contribution in [0.2, 0.25) is 5.02 Å². The van der Waals surface area contributed by atoms with Gasteiger partial charge in [0.15, 0.2) is 5.13 Å². The topological polar surface area (TPSA) is 126 Å². The molecule has 9 nitrogen and oxygen atoms in total. The Morgan fingerprint density at radius 3 is 2.57 bits per heavy atom. The molecule has 0 bridgehead atoms. The molecule has 3 rings (SSSR count). The SMILES string of the molecule is O=C(Nc1ncc([N+](=O)[O-])s1)c1cccc(N(c2ccc(Cl)cc2)S(=O)O)c1. The number of nitrogens with one attached hydrogen (secondary N) is 1. The minimum Gasteiger partial charge on any atom is -0.298 e. The molecule has 0 saturated heterocycles. The van der Waals surface area contributed by atoms with Crippen LogP contribution in [0, 0.1) is 10.1 Å². The molecule has 0 aliphatic rings. The molecule has 1 aromatic heterocycles. The van der Waals surface area contributed by atoms with Gasteiger partial charge in [0, 0.05) is 10.6 Å². The summed E-state index contributed by atoms with van der Waals surface area (Å²) in [6.07, 6.45) is 1.05. The number of rotatable bonds is 6. The first-order valence-corrected chi connectivity index (χ1v) is 9.79. The molecule has 28 heavy (non-hydrogen) atoms. The highest BCUT2D eigenvalue weighted by Crippen LogP contribution is 2.29. The maximum Gasteiger partial charge on any atom is 0.345 e. The number of carbonyl (C=O) groups is 1. The molecule has 3 aromatic rings. The molecule has 144 valence electrons. The normalized spacial score (nSPS) is 11.6. The van der Waals surface area contributed by atoms with Gasteiger partial charge in [0.05, 0.1) is 16.3 Å². The van der Waals surface area contributed by atoms with Crippen LogP contribution < -0.4 is 9.62 Å². The third-order valence-electron chi connectivity index (χ3n) is 3.45. The molecule has 2 N–H and O–H groups in total. The highest BCUT2D eigenvalue weighted by Gasteiger charge is 2.18. The number of aromatic nitrogens is 1. The van der Waals surface area contributed by atoms with E-state index in [1.807, 2.05) is 0 Å². The predicted molar refractivity (Wildman–Crippen MR) is 108 cm³/mol. The summed E-state index contributed by atoms with van der Waals surface area (Å²) in [5.74, 6) is -0.564. The van der Waals surface area contributed by atoms with E-state index in [-0.39, 0.29) is 15.7 Å². The molecule has 1 heterocycles. The van der Waals surface area contributed by atoms with Gasteiger partial charge in [-0.15, -0.1) is 0 Å². The second kappa shape index (κ2) is 8.44. The van der Waals surface area contributed by atoms with Crippen molar-refractivity contribution in [2.45, 2.75) is 0 Å². The minimum absolute atomic E-state index is 0.0717. The summed E-state index contributed by atoms with van der Waals surface area (Å²) in [5, 5.41) is 13.5. The molecule has 1 unspecified atom stereocenters. The maximum absolute atomic E-state index is 12.4. The van der Waals surface area contributed by atoms with Gasteiger partial charge in [-0.1, -0.05) is 17.7 Å². The fourth-order valence-electron chi connectivity index (χ4n) is 2.26. The van der Waals surface area contributed by atoms with Gasteiger partial charge in [-0.25, -0.2) is 13.5 Å². The number of hydrogen-bond donors (Lipinski definition) is 2. The lowest BCUT2D eigenvalue weighted by atomic mass is 10.2. The number of hydrogen-bond acceptors (Lipinski definition) is 6. The average Bonchev–Trinajstić information content (AvgIpc) is 3.12. The van der Waals surface area contributed by atoms with Crippen LogP contribution in [0.5, 0.6) is 0 Å². The number of anilines is 3. The summed E-state index contributed by atoms with van der Waals surface area (Å²) in [4.78, 5) is 26.3. The Morgan fingerprint density at radius 2 is 1.96 bits per heavy atom. The Labute approximate surface area is 170 Å². The third-order valence-corrected chi connectivity index (χ3v) is 5.30. The number of benzene rings is 2. The quantitative estimate of drug-likeness (QED) is 0.337. The van der Waals surface area contributed by atoms with Gasteiger partial charge in [0.2, 0.25) is 0 Å². The van der Waals surface area contributed by atoms with E-state index in [1.54, 1.807) is 36.4 Å². The van der Waals surface area contributed by atoms with Gasteiger partial charge in [-0.3, -0.25) is 24.8 Å². The number of carbonyl (C=O) groups excluding carboxylic acids is 1. The molecule has 12 heteroatoms. The van der Waals surface area contributed by atoms with Crippen LogP contribution in [0.15, 0.2) is 54.7 Å². The van der Waals surface area contributed by atoms with Crippen LogP contribution in [0.3, 0.4) is 0 Å². The van der Waals surface area contributed by atoms with Crippen LogP contribution in [0.4, 0.5) is 21.5 Å². The van der Waals surface area contributed by atoms with E-state index in [1.165, 1.54) is 12.1 Å². The molecule has 0 fully saturated rings. The lowest BCUT2D eigenvalue weighted by Gasteiger charge is -2.20. The first kappa shape index (κ1) is 19.9. The first-order valence-electron chi connectivity index (χ1n) is 7.53. The van der Waals surface area contributed by atoms with Gasteiger partial charge >= 0.3 is 5.00 Å². The highest BCUT2D eigenvalue weighted by atomic mass is 35.5. The van der Waals surface area contributed by atoms with Crippen molar-refractivity contribution in [1.29, 1.82) is 0 Å². The largest absolute Gasteiger partial charge is 0.345 e. The van der Waals surface area contributed by atoms with Crippen LogP contribution in [-0.2, 0) is 11.3 Å². The van der Waals surface area contributed by atoms with E-state index in [9.17, 15) is 23.7 Å². The lowest BCUT2D eigenvalue weighted by molar-refractivity contribution is -0.380. The predicted octanol–water partition coefficient (Wildman–Crippen LogP) is 4.23. The van der Waals surface area contributed by atoms with Gasteiger partial charge in [-0.2, -0.15) is 0 Å². The summed E-state index contributed by atoms with van der Waals surface area (Å²) in [5.41, 5.74) is 0.874. The van der Waals surface area contributed by atoms with E-state index >= 15 is 0 Å². The Balaban J connectivity index is 1.87. The number of nitro groups is 1. The van der Waals surface area contributed by atoms with Gasteiger partial charge in [0.25, 0.3) is 17.2 Å². The fraction of sp³-hybridized carbons (Fsp3) is 0. The Kier molecular flexibility index (Phi) is 5.99. The Hall–Kier alpha value is -2.86. The molecule has 0 aliphatic carbocycles. The van der Waals surface area contributed by atoms with E-state index in [0.29, 0.717) is 16.4 Å². The number of amides is 1. The number of thiazole rings is 1. The summed E-state index contributed by atoms with van der Waals surface area (Å²) in [6, 6.07) is 12.3. The van der Waals surface area contributed by atoms with Crippen molar-refractivity contribution < 1.29 is 18.5 Å². The van der Waals surface area contributed by atoms with Crippen molar-refractivity contribution in [1.82, 2.24) is 4.98 Å². The molecule has 1 atom stereocenters. The third kappa shape index (κ3) is 4.51. The van der Waals surface area contributed by atoms with Gasteiger partial charge < -0.3 is 0 Å². The summed E-state index contributed by atoms with van der Waals surface area (Å²) < 4.78 is 22.7. The van der Waals surface area contributed by atoms with Crippen LogP contribution in [-0.4, -0.2) is 24.6 Å². The zero-order valence-electron chi connectivity index (χ0n) is 13.8. The number of nitrogens with zero attached hydrogens (tertiary/aromatic N) is 3. The zero-order valence-corrected chi connectivity index (χ0v) is 16.2. The average molecular weight is 439 g/mol. The second-order valence-corrected chi connectivity index (χ2v) is 7.54. The molecular formula is C16H11ClN4O5S2. The van der Waals surface area contributed by atoms with Crippen molar-refractivity contribution in [3.8, 4) is 0 Å². The first-order chi connectivity index (χ1) is 13.3. The molecule has 1 amide bonds. The van der Waals surface area contributed by atoms with Crippen LogP contribution >= 0.6 is 22.9 Å². The van der Waals surface area contributed by atoms with E-state index in [4.69, 9.17) is 11.6 Å². The lowest BCUT2D eigenvalue weighted by Crippen LogP contribution is -2.20. The molecule has 0 radical (unpaired) electrons. The molecule has 2 aromatic carbocycles. The van der Waals surface area contributed by atoms with Crippen molar-refractivity contribution in [2.24, 2.45) is 0 Å². The summed E-state index contributed by atoms with van der Waals surface area (Å²) in [6.45, 7) is 0. The van der Waals surface area contributed by atoms with Crippen molar-refractivity contribution in [2.75, 3.05) is 9.62 Å². The van der Waals surface area contributed by atoms with Crippen LogP contribution in [0.1, 0.15) is 10.4 Å². The monoisotopic (exact) mass is 438 g/mol. The molecule has 0 saturated carbocycles. The fourth-order valence-corrected chi connectivity index (χ4v) is 3.61. The molecule has 0 spiro atoms. The van der Waals surface area contributed by atoms with Crippen molar-refractivity contribution >= 4 is 61.6 Å². The van der Waals surface area contributed by atoms with E-state index in [0.717, 1.165) is 21.8 Å². The smallest absolute Gasteiger partial charge is 0.298 e. The van der Waals surface area contributed by atoms with Gasteiger partial charge in [0.1, 0.15) is 6.20 Å². The van der Waals surface area contributed by atoms with E-state index < -0.39 is 22.1 Å².